The lowest BCUT2D eigenvalue weighted by atomic mass is 9.80. The molecule has 0 spiro atoms. The minimum Gasteiger partial charge on any atom is -0.377 e. The van der Waals surface area contributed by atoms with Crippen molar-refractivity contribution < 1.29 is 4.74 Å². The lowest BCUT2D eigenvalue weighted by molar-refractivity contribution is -0.0698. The molecule has 0 bridgehead atoms. The highest BCUT2D eigenvalue weighted by Gasteiger charge is 2.36. The number of likely N-dealkylation sites (tertiary alicyclic amines) is 1. The van der Waals surface area contributed by atoms with Gasteiger partial charge in [0, 0.05) is 13.7 Å². The number of hydrogen-bond donors (Lipinski definition) is 1. The van der Waals surface area contributed by atoms with E-state index in [2.05, 4.69) is 17.3 Å². The van der Waals surface area contributed by atoms with Gasteiger partial charge in [-0.2, -0.15) is 0 Å². The number of nitrogens with zero attached hydrogens (tertiary/aromatic N) is 1. The van der Waals surface area contributed by atoms with Gasteiger partial charge in [0.15, 0.2) is 0 Å². The molecule has 94 valence electrons. The second-order valence-electron chi connectivity index (χ2n) is 5.62. The lowest BCUT2D eigenvalue weighted by Gasteiger charge is -2.41. The Bertz CT molecular complexity index is 202. The molecular formula is C13H26N2O. The summed E-state index contributed by atoms with van der Waals surface area (Å²) in [7, 11) is 4.08. The summed E-state index contributed by atoms with van der Waals surface area (Å²) in [6.07, 6.45) is 6.52. The van der Waals surface area contributed by atoms with Crippen LogP contribution < -0.4 is 5.32 Å². The fraction of sp³-hybridized carbons (Fsp3) is 1.00. The first-order chi connectivity index (χ1) is 7.74. The average Bonchev–Trinajstić information content (AvgIpc) is 2.25. The number of rotatable bonds is 5. The van der Waals surface area contributed by atoms with Gasteiger partial charge in [-0.15, -0.1) is 0 Å². The Kier molecular flexibility index (Phi) is 4.22. The van der Waals surface area contributed by atoms with E-state index in [1.54, 1.807) is 0 Å². The lowest BCUT2D eigenvalue weighted by Crippen LogP contribution is -2.49. The third-order valence-electron chi connectivity index (χ3n) is 4.42. The standard InChI is InChI=1S/C13H26N2O/c1-15-8-4-12(5-9-15)10-14-11-13(16-2)6-3-7-13/h12,14H,3-11H2,1-2H3. The molecule has 1 aliphatic heterocycles. The second kappa shape index (κ2) is 5.48. The molecule has 0 aromatic rings. The maximum atomic E-state index is 5.61. The van der Waals surface area contributed by atoms with E-state index in [0.717, 1.165) is 12.5 Å². The van der Waals surface area contributed by atoms with Crippen LogP contribution in [0.2, 0.25) is 0 Å². The maximum absolute atomic E-state index is 5.61. The summed E-state index contributed by atoms with van der Waals surface area (Å²) in [5.41, 5.74) is 0.186. The largest absolute Gasteiger partial charge is 0.377 e. The van der Waals surface area contributed by atoms with Gasteiger partial charge in [-0.05, 0) is 64.7 Å². The van der Waals surface area contributed by atoms with Crippen molar-refractivity contribution >= 4 is 0 Å². The van der Waals surface area contributed by atoms with Crippen LogP contribution in [0.1, 0.15) is 32.1 Å². The summed E-state index contributed by atoms with van der Waals surface area (Å²) in [6.45, 7) is 4.76. The predicted molar refractivity (Wildman–Crippen MR) is 66.7 cm³/mol. The van der Waals surface area contributed by atoms with Crippen molar-refractivity contribution in [2.24, 2.45) is 5.92 Å². The second-order valence-corrected chi connectivity index (χ2v) is 5.62. The fourth-order valence-corrected chi connectivity index (χ4v) is 2.79. The molecule has 16 heavy (non-hydrogen) atoms. The Balaban J connectivity index is 1.61. The van der Waals surface area contributed by atoms with Crippen molar-refractivity contribution in [1.29, 1.82) is 0 Å². The molecule has 2 rings (SSSR count). The topological polar surface area (TPSA) is 24.5 Å². The highest BCUT2D eigenvalue weighted by Crippen LogP contribution is 2.34. The fourth-order valence-electron chi connectivity index (χ4n) is 2.79. The number of nitrogens with one attached hydrogen (secondary N) is 1. The van der Waals surface area contributed by atoms with Crippen LogP contribution in [0.25, 0.3) is 0 Å². The zero-order chi connectivity index (χ0) is 11.4. The first-order valence-corrected chi connectivity index (χ1v) is 6.68. The summed E-state index contributed by atoms with van der Waals surface area (Å²) in [6, 6.07) is 0. The molecule has 1 heterocycles. The van der Waals surface area contributed by atoms with Crippen LogP contribution >= 0.6 is 0 Å². The van der Waals surface area contributed by atoms with Crippen molar-refractivity contribution in [3.05, 3.63) is 0 Å². The Morgan fingerprint density at radius 1 is 1.31 bits per heavy atom. The van der Waals surface area contributed by atoms with Gasteiger partial charge in [0.2, 0.25) is 0 Å². The van der Waals surface area contributed by atoms with Gasteiger partial charge in [0.1, 0.15) is 0 Å². The third-order valence-corrected chi connectivity index (χ3v) is 4.42. The van der Waals surface area contributed by atoms with E-state index in [0.29, 0.717) is 0 Å². The molecule has 1 aliphatic carbocycles. The van der Waals surface area contributed by atoms with Gasteiger partial charge in [0.25, 0.3) is 0 Å². The van der Waals surface area contributed by atoms with Crippen LogP contribution in [-0.4, -0.2) is 50.8 Å². The van der Waals surface area contributed by atoms with Crippen molar-refractivity contribution in [1.82, 2.24) is 10.2 Å². The van der Waals surface area contributed by atoms with Gasteiger partial charge >= 0.3 is 0 Å². The van der Waals surface area contributed by atoms with E-state index < -0.39 is 0 Å². The normalized spacial score (nSPS) is 26.6. The zero-order valence-electron chi connectivity index (χ0n) is 10.8. The number of ether oxygens (including phenoxy) is 1. The van der Waals surface area contributed by atoms with Crippen LogP contribution in [0.4, 0.5) is 0 Å². The minimum absolute atomic E-state index is 0.186. The summed E-state index contributed by atoms with van der Waals surface area (Å²) in [5, 5.41) is 3.62. The summed E-state index contributed by atoms with van der Waals surface area (Å²) < 4.78 is 5.61. The minimum atomic E-state index is 0.186. The number of hydrogen-bond acceptors (Lipinski definition) is 3. The molecule has 2 fully saturated rings. The van der Waals surface area contributed by atoms with E-state index >= 15 is 0 Å². The smallest absolute Gasteiger partial charge is 0.0802 e. The summed E-state index contributed by atoms with van der Waals surface area (Å²) in [5.74, 6) is 0.880. The van der Waals surface area contributed by atoms with Crippen LogP contribution in [0.15, 0.2) is 0 Å². The van der Waals surface area contributed by atoms with Crippen LogP contribution in [0.5, 0.6) is 0 Å². The molecule has 1 saturated heterocycles. The van der Waals surface area contributed by atoms with Gasteiger partial charge < -0.3 is 15.0 Å². The number of piperidine rings is 1. The monoisotopic (exact) mass is 226 g/mol. The van der Waals surface area contributed by atoms with Crippen LogP contribution in [0, 0.1) is 5.92 Å². The SMILES string of the molecule is COC1(CNCC2CCN(C)CC2)CCC1. The molecule has 2 aliphatic rings. The first kappa shape index (κ1) is 12.3. The Labute approximate surface area is 99.5 Å². The average molecular weight is 226 g/mol. The Morgan fingerprint density at radius 3 is 2.50 bits per heavy atom. The van der Waals surface area contributed by atoms with Gasteiger partial charge in [-0.1, -0.05) is 0 Å². The van der Waals surface area contributed by atoms with Crippen LogP contribution in [0.3, 0.4) is 0 Å². The summed E-state index contributed by atoms with van der Waals surface area (Å²) >= 11 is 0. The zero-order valence-corrected chi connectivity index (χ0v) is 10.8. The third kappa shape index (κ3) is 2.96. The molecule has 0 unspecified atom stereocenters. The van der Waals surface area contributed by atoms with E-state index in [1.165, 1.54) is 51.7 Å². The predicted octanol–water partition coefficient (Wildman–Crippen LogP) is 1.49. The first-order valence-electron chi connectivity index (χ1n) is 6.68. The van der Waals surface area contributed by atoms with Crippen molar-refractivity contribution in [2.75, 3.05) is 40.3 Å². The van der Waals surface area contributed by atoms with E-state index in [1.807, 2.05) is 7.11 Å². The molecule has 0 atom stereocenters. The molecular weight excluding hydrogens is 200 g/mol. The molecule has 0 aromatic heterocycles. The molecule has 0 aromatic carbocycles. The number of methoxy groups -OCH3 is 1. The molecule has 0 radical (unpaired) electrons. The Hall–Kier alpha value is -0.120. The quantitative estimate of drug-likeness (QED) is 0.768. The molecule has 3 nitrogen and oxygen atoms in total. The highest BCUT2D eigenvalue weighted by molar-refractivity contribution is 4.91. The van der Waals surface area contributed by atoms with E-state index in [9.17, 15) is 0 Å². The van der Waals surface area contributed by atoms with Crippen molar-refractivity contribution in [2.45, 2.75) is 37.7 Å². The molecule has 1 N–H and O–H groups in total. The van der Waals surface area contributed by atoms with E-state index in [-0.39, 0.29) is 5.60 Å². The maximum Gasteiger partial charge on any atom is 0.0802 e. The molecule has 0 amide bonds. The van der Waals surface area contributed by atoms with Gasteiger partial charge in [0.05, 0.1) is 5.60 Å². The molecule has 1 saturated carbocycles. The van der Waals surface area contributed by atoms with Crippen LogP contribution in [-0.2, 0) is 4.74 Å². The summed E-state index contributed by atoms with van der Waals surface area (Å²) in [4.78, 5) is 2.43. The van der Waals surface area contributed by atoms with Gasteiger partial charge in [-0.25, -0.2) is 0 Å². The highest BCUT2D eigenvalue weighted by atomic mass is 16.5. The van der Waals surface area contributed by atoms with Crippen molar-refractivity contribution in [3.8, 4) is 0 Å². The Morgan fingerprint density at radius 2 is 2.00 bits per heavy atom. The van der Waals surface area contributed by atoms with E-state index in [4.69, 9.17) is 4.74 Å². The molecule has 3 heteroatoms. The van der Waals surface area contributed by atoms with Gasteiger partial charge in [-0.3, -0.25) is 0 Å². The van der Waals surface area contributed by atoms with Crippen molar-refractivity contribution in [3.63, 3.8) is 0 Å².